The number of amides is 1. The molecular formula is C26H30N8O2. The molecule has 0 saturated carbocycles. The number of fused-ring (bicyclic) bond motifs is 1. The molecule has 5 rings (SSSR count). The summed E-state index contributed by atoms with van der Waals surface area (Å²) in [6, 6.07) is 8.08. The Morgan fingerprint density at radius 3 is 2.78 bits per heavy atom. The number of H-pyrrole nitrogens is 1. The fraction of sp³-hybridized carbons (Fsp3) is 0.385. The van der Waals surface area contributed by atoms with E-state index in [9.17, 15) is 4.79 Å². The minimum absolute atomic E-state index is 0.0659. The normalized spacial score (nSPS) is 15.7. The van der Waals surface area contributed by atoms with Gasteiger partial charge in [0.15, 0.2) is 0 Å². The van der Waals surface area contributed by atoms with E-state index in [1.165, 1.54) is 5.56 Å². The summed E-state index contributed by atoms with van der Waals surface area (Å²) in [4.78, 5) is 26.3. The summed E-state index contributed by atoms with van der Waals surface area (Å²) in [5.41, 5.74) is 5.58. The van der Waals surface area contributed by atoms with Crippen LogP contribution in [0.2, 0.25) is 0 Å². The molecule has 0 spiro atoms. The van der Waals surface area contributed by atoms with Crippen molar-refractivity contribution in [2.45, 2.75) is 64.8 Å². The molecule has 1 aliphatic carbocycles. The number of rotatable bonds is 5. The zero-order valence-electron chi connectivity index (χ0n) is 20.9. The SMILES string of the molecule is Cc1[nH]ncc1Nc1nccc(-c2ccc3c(c2)CCCC[C@H]3NC(=O)c2noc(C(C)(C)C)n2)n1. The molecule has 36 heavy (non-hydrogen) atoms. The molecule has 1 aliphatic rings. The van der Waals surface area contributed by atoms with Crippen LogP contribution in [0.25, 0.3) is 11.3 Å². The van der Waals surface area contributed by atoms with Crippen LogP contribution in [0.1, 0.15) is 79.4 Å². The molecule has 10 heteroatoms. The lowest BCUT2D eigenvalue weighted by molar-refractivity contribution is 0.0921. The van der Waals surface area contributed by atoms with Gasteiger partial charge in [0.25, 0.3) is 11.7 Å². The van der Waals surface area contributed by atoms with Gasteiger partial charge in [0, 0.05) is 17.2 Å². The van der Waals surface area contributed by atoms with E-state index in [-0.39, 0.29) is 23.2 Å². The molecule has 0 fully saturated rings. The van der Waals surface area contributed by atoms with Crippen molar-refractivity contribution in [1.29, 1.82) is 0 Å². The van der Waals surface area contributed by atoms with Crippen molar-refractivity contribution in [3.63, 3.8) is 0 Å². The summed E-state index contributed by atoms with van der Waals surface area (Å²) in [5.74, 6) is 0.695. The number of carbonyl (C=O) groups excluding carboxylic acids is 1. The van der Waals surface area contributed by atoms with E-state index in [2.05, 4.69) is 48.1 Å². The van der Waals surface area contributed by atoms with Crippen LogP contribution in [-0.2, 0) is 11.8 Å². The molecule has 186 valence electrons. The van der Waals surface area contributed by atoms with Crippen molar-refractivity contribution < 1.29 is 9.32 Å². The van der Waals surface area contributed by atoms with Crippen LogP contribution >= 0.6 is 0 Å². The number of benzene rings is 1. The van der Waals surface area contributed by atoms with Gasteiger partial charge in [0.2, 0.25) is 11.8 Å². The molecule has 0 aliphatic heterocycles. The average Bonchev–Trinajstić information content (AvgIpc) is 3.46. The van der Waals surface area contributed by atoms with Gasteiger partial charge in [-0.2, -0.15) is 10.1 Å². The van der Waals surface area contributed by atoms with Crippen molar-refractivity contribution in [1.82, 2.24) is 35.6 Å². The first-order valence-electron chi connectivity index (χ1n) is 12.2. The average molecular weight is 487 g/mol. The van der Waals surface area contributed by atoms with Crippen molar-refractivity contribution in [3.05, 3.63) is 65.2 Å². The first kappa shape index (κ1) is 23.7. The molecule has 3 heterocycles. The van der Waals surface area contributed by atoms with Crippen LogP contribution in [0.15, 0.2) is 41.2 Å². The van der Waals surface area contributed by atoms with E-state index >= 15 is 0 Å². The first-order chi connectivity index (χ1) is 17.3. The van der Waals surface area contributed by atoms with Crippen LogP contribution in [0, 0.1) is 6.92 Å². The molecule has 1 amide bonds. The third-order valence-electron chi connectivity index (χ3n) is 6.31. The fourth-order valence-corrected chi connectivity index (χ4v) is 4.31. The monoisotopic (exact) mass is 486 g/mol. The topological polar surface area (TPSA) is 135 Å². The highest BCUT2D eigenvalue weighted by Gasteiger charge is 2.27. The fourth-order valence-electron chi connectivity index (χ4n) is 4.31. The zero-order valence-corrected chi connectivity index (χ0v) is 20.9. The maximum atomic E-state index is 12.9. The molecule has 3 N–H and O–H groups in total. The first-order valence-corrected chi connectivity index (χ1v) is 12.2. The molecule has 4 aromatic rings. The van der Waals surface area contributed by atoms with Gasteiger partial charge in [0.05, 0.1) is 29.3 Å². The number of hydrogen-bond donors (Lipinski definition) is 3. The molecule has 0 saturated heterocycles. The maximum Gasteiger partial charge on any atom is 0.293 e. The number of anilines is 2. The number of hydrogen-bond acceptors (Lipinski definition) is 8. The Labute approximate surface area is 209 Å². The molecule has 3 aromatic heterocycles. The Kier molecular flexibility index (Phi) is 6.26. The highest BCUT2D eigenvalue weighted by molar-refractivity contribution is 5.90. The van der Waals surface area contributed by atoms with E-state index in [1.807, 2.05) is 39.8 Å². The van der Waals surface area contributed by atoms with Gasteiger partial charge >= 0.3 is 0 Å². The largest absolute Gasteiger partial charge is 0.342 e. The predicted octanol–water partition coefficient (Wildman–Crippen LogP) is 4.80. The number of aryl methyl sites for hydroxylation is 2. The predicted molar refractivity (Wildman–Crippen MR) is 135 cm³/mol. The molecule has 0 bridgehead atoms. The molecule has 1 aromatic carbocycles. The Bertz CT molecular complexity index is 1380. The van der Waals surface area contributed by atoms with Crippen molar-refractivity contribution in [2.75, 3.05) is 5.32 Å². The van der Waals surface area contributed by atoms with Crippen LogP contribution in [0.3, 0.4) is 0 Å². The Morgan fingerprint density at radius 1 is 1.17 bits per heavy atom. The van der Waals surface area contributed by atoms with Gasteiger partial charge in [-0.15, -0.1) is 0 Å². The lowest BCUT2D eigenvalue weighted by atomic mass is 9.95. The van der Waals surface area contributed by atoms with E-state index in [0.717, 1.165) is 53.9 Å². The minimum Gasteiger partial charge on any atom is -0.342 e. The van der Waals surface area contributed by atoms with Gasteiger partial charge < -0.3 is 15.2 Å². The molecule has 0 radical (unpaired) electrons. The number of nitrogens with one attached hydrogen (secondary N) is 3. The summed E-state index contributed by atoms with van der Waals surface area (Å²) in [6.45, 7) is 7.84. The van der Waals surface area contributed by atoms with Crippen LogP contribution in [-0.4, -0.2) is 36.2 Å². The highest BCUT2D eigenvalue weighted by atomic mass is 16.5. The number of carbonyl (C=O) groups is 1. The minimum atomic E-state index is -0.322. The van der Waals surface area contributed by atoms with Gasteiger partial charge in [-0.1, -0.05) is 44.5 Å². The maximum absolute atomic E-state index is 12.9. The Balaban J connectivity index is 1.37. The third-order valence-corrected chi connectivity index (χ3v) is 6.31. The molecule has 1 atom stereocenters. The second-order valence-corrected chi connectivity index (χ2v) is 10.2. The zero-order chi connectivity index (χ0) is 25.3. The smallest absolute Gasteiger partial charge is 0.293 e. The summed E-state index contributed by atoms with van der Waals surface area (Å²) >= 11 is 0. The van der Waals surface area contributed by atoms with E-state index in [1.54, 1.807) is 12.4 Å². The van der Waals surface area contributed by atoms with E-state index in [0.29, 0.717) is 11.8 Å². The van der Waals surface area contributed by atoms with Gasteiger partial charge in [-0.3, -0.25) is 9.89 Å². The number of aromatic amines is 1. The standard InChI is InChI=1S/C26H30N8O2/c1-15-21(14-28-33-15)31-25-27-12-11-19(30-25)17-9-10-18-16(13-17)7-5-6-8-20(18)29-23(35)22-32-24(36-34-22)26(2,3)4/h9-14,20H,5-8H2,1-4H3,(H,28,33)(H,29,35)(H,27,30,31)/t20-/m1/s1. The van der Waals surface area contributed by atoms with Crippen LogP contribution in [0.4, 0.5) is 11.6 Å². The lowest BCUT2D eigenvalue weighted by Gasteiger charge is -2.19. The molecule has 10 nitrogen and oxygen atoms in total. The second-order valence-electron chi connectivity index (χ2n) is 10.2. The second kappa shape index (κ2) is 9.52. The van der Waals surface area contributed by atoms with Crippen LogP contribution in [0.5, 0.6) is 0 Å². The highest BCUT2D eigenvalue weighted by Crippen LogP contribution is 2.32. The van der Waals surface area contributed by atoms with Crippen molar-refractivity contribution in [2.24, 2.45) is 0 Å². The van der Waals surface area contributed by atoms with E-state index in [4.69, 9.17) is 9.51 Å². The van der Waals surface area contributed by atoms with E-state index < -0.39 is 0 Å². The molecule has 0 unspecified atom stereocenters. The summed E-state index contributed by atoms with van der Waals surface area (Å²) in [7, 11) is 0. The van der Waals surface area contributed by atoms with Crippen molar-refractivity contribution >= 4 is 17.5 Å². The van der Waals surface area contributed by atoms with Gasteiger partial charge in [-0.05, 0) is 49.4 Å². The Hall–Kier alpha value is -4.08. The summed E-state index contributed by atoms with van der Waals surface area (Å²) < 4.78 is 5.30. The third kappa shape index (κ3) is 4.98. The van der Waals surface area contributed by atoms with Gasteiger partial charge in [-0.25, -0.2) is 9.97 Å². The number of nitrogens with zero attached hydrogens (tertiary/aromatic N) is 5. The van der Waals surface area contributed by atoms with Crippen LogP contribution < -0.4 is 10.6 Å². The molecular weight excluding hydrogens is 456 g/mol. The van der Waals surface area contributed by atoms with Crippen molar-refractivity contribution in [3.8, 4) is 11.3 Å². The Morgan fingerprint density at radius 2 is 2.03 bits per heavy atom. The quantitative estimate of drug-likeness (QED) is 0.343. The van der Waals surface area contributed by atoms with Gasteiger partial charge in [0.1, 0.15) is 0 Å². The number of aromatic nitrogens is 6. The summed E-state index contributed by atoms with van der Waals surface area (Å²) in [5, 5.41) is 17.2. The summed E-state index contributed by atoms with van der Waals surface area (Å²) in [6.07, 6.45) is 7.31. The lowest BCUT2D eigenvalue weighted by Crippen LogP contribution is -2.29.